The fourth-order valence-corrected chi connectivity index (χ4v) is 1.62. The van der Waals surface area contributed by atoms with Gasteiger partial charge in [-0.2, -0.15) is 0 Å². The first kappa shape index (κ1) is 9.84. The summed E-state index contributed by atoms with van der Waals surface area (Å²) < 4.78 is 13.5. The number of pyridine rings is 1. The lowest BCUT2D eigenvalue weighted by molar-refractivity contribution is 0.631. The molecule has 1 radical (unpaired) electrons. The van der Waals surface area contributed by atoms with E-state index < -0.39 is 0 Å². The van der Waals surface area contributed by atoms with Crippen LogP contribution in [-0.4, -0.2) is 4.98 Å². The van der Waals surface area contributed by atoms with Crippen molar-refractivity contribution in [3.05, 3.63) is 53.6 Å². The fourth-order valence-electron chi connectivity index (χ4n) is 1.62. The van der Waals surface area contributed by atoms with Crippen LogP contribution in [0.3, 0.4) is 0 Å². The molecular formula is C13H11FN. The van der Waals surface area contributed by atoms with E-state index in [9.17, 15) is 4.39 Å². The van der Waals surface area contributed by atoms with Gasteiger partial charge in [0.2, 0.25) is 0 Å². The van der Waals surface area contributed by atoms with Crippen molar-refractivity contribution in [3.63, 3.8) is 0 Å². The zero-order valence-electron chi connectivity index (χ0n) is 8.71. The van der Waals surface area contributed by atoms with Crippen molar-refractivity contribution in [2.75, 3.05) is 0 Å². The van der Waals surface area contributed by atoms with Crippen molar-refractivity contribution < 1.29 is 4.39 Å². The van der Waals surface area contributed by atoms with E-state index in [1.807, 2.05) is 26.0 Å². The lowest BCUT2D eigenvalue weighted by Crippen LogP contribution is -1.90. The zero-order valence-corrected chi connectivity index (χ0v) is 8.71. The Morgan fingerprint density at radius 1 is 1.20 bits per heavy atom. The minimum atomic E-state index is -0.248. The molecule has 2 heteroatoms. The molecular weight excluding hydrogens is 189 g/mol. The Kier molecular flexibility index (Phi) is 2.50. The second-order valence-electron chi connectivity index (χ2n) is 3.53. The first-order chi connectivity index (χ1) is 7.16. The zero-order chi connectivity index (χ0) is 10.8. The van der Waals surface area contributed by atoms with Crippen molar-refractivity contribution in [1.82, 2.24) is 4.98 Å². The van der Waals surface area contributed by atoms with Crippen molar-refractivity contribution in [2.45, 2.75) is 13.8 Å². The highest BCUT2D eigenvalue weighted by atomic mass is 19.1. The molecule has 0 unspecified atom stereocenters. The molecule has 0 saturated heterocycles. The standard InChI is InChI=1S/C13H11FN/c1-9-7-11(8-10(2)15-9)12-5-3-4-6-13(12)14/h3-4,6-8H,1-2H3. The average molecular weight is 200 g/mol. The molecule has 2 aromatic rings. The van der Waals surface area contributed by atoms with Gasteiger partial charge in [0.05, 0.1) is 0 Å². The molecule has 0 aliphatic rings. The maximum Gasteiger partial charge on any atom is 0.131 e. The smallest absolute Gasteiger partial charge is 0.131 e. The monoisotopic (exact) mass is 200 g/mol. The Hall–Kier alpha value is -1.70. The van der Waals surface area contributed by atoms with Gasteiger partial charge in [0.25, 0.3) is 0 Å². The van der Waals surface area contributed by atoms with E-state index in [0.29, 0.717) is 5.56 Å². The summed E-state index contributed by atoms with van der Waals surface area (Å²) in [6.45, 7) is 3.80. The Labute approximate surface area is 88.6 Å². The van der Waals surface area contributed by atoms with E-state index in [4.69, 9.17) is 0 Å². The summed E-state index contributed by atoms with van der Waals surface area (Å²) in [4.78, 5) is 4.25. The van der Waals surface area contributed by atoms with Gasteiger partial charge in [-0.3, -0.25) is 4.98 Å². The molecule has 75 valence electrons. The first-order valence-electron chi connectivity index (χ1n) is 4.78. The van der Waals surface area contributed by atoms with Gasteiger partial charge in [-0.15, -0.1) is 0 Å². The number of halogens is 1. The molecule has 1 nitrogen and oxygen atoms in total. The molecule has 0 amide bonds. The molecule has 1 aromatic carbocycles. The molecule has 0 bridgehead atoms. The highest BCUT2D eigenvalue weighted by Crippen LogP contribution is 2.22. The van der Waals surface area contributed by atoms with E-state index in [0.717, 1.165) is 17.0 Å². The molecule has 0 aliphatic heterocycles. The predicted octanol–water partition coefficient (Wildman–Crippen LogP) is 3.30. The van der Waals surface area contributed by atoms with Crippen molar-refractivity contribution in [1.29, 1.82) is 0 Å². The summed E-state index contributed by atoms with van der Waals surface area (Å²) in [5.41, 5.74) is 3.12. The lowest BCUT2D eigenvalue weighted by atomic mass is 10.0. The third kappa shape index (κ3) is 2.04. The summed E-state index contributed by atoms with van der Waals surface area (Å²) in [5.74, 6) is -0.248. The van der Waals surface area contributed by atoms with Crippen LogP contribution < -0.4 is 0 Å². The third-order valence-electron chi connectivity index (χ3n) is 2.18. The van der Waals surface area contributed by atoms with Crippen LogP contribution in [0.25, 0.3) is 11.1 Å². The number of hydrogen-bond donors (Lipinski definition) is 0. The van der Waals surface area contributed by atoms with E-state index >= 15 is 0 Å². The van der Waals surface area contributed by atoms with E-state index in [-0.39, 0.29) is 5.82 Å². The lowest BCUT2D eigenvalue weighted by Gasteiger charge is -2.05. The second-order valence-corrected chi connectivity index (χ2v) is 3.53. The van der Waals surface area contributed by atoms with Gasteiger partial charge in [0, 0.05) is 17.0 Å². The minimum Gasteiger partial charge on any atom is -0.258 e. The van der Waals surface area contributed by atoms with E-state index in [1.54, 1.807) is 12.1 Å². The predicted molar refractivity (Wildman–Crippen MR) is 57.9 cm³/mol. The molecule has 1 aromatic heterocycles. The molecule has 15 heavy (non-hydrogen) atoms. The topological polar surface area (TPSA) is 12.9 Å². The fraction of sp³-hybridized carbons (Fsp3) is 0.154. The van der Waals surface area contributed by atoms with Crippen LogP contribution in [0.15, 0.2) is 30.3 Å². The highest BCUT2D eigenvalue weighted by molar-refractivity contribution is 5.64. The summed E-state index contributed by atoms with van der Waals surface area (Å²) in [6, 6.07) is 11.4. The summed E-state index contributed by atoms with van der Waals surface area (Å²) in [5, 5.41) is 0. The number of benzene rings is 1. The number of aromatic nitrogens is 1. The van der Waals surface area contributed by atoms with Gasteiger partial charge >= 0.3 is 0 Å². The Bertz CT molecular complexity index is 471. The minimum absolute atomic E-state index is 0.248. The van der Waals surface area contributed by atoms with Crippen molar-refractivity contribution in [3.8, 4) is 11.1 Å². The molecule has 0 atom stereocenters. The largest absolute Gasteiger partial charge is 0.258 e. The van der Waals surface area contributed by atoms with Gasteiger partial charge in [-0.1, -0.05) is 12.1 Å². The number of aryl methyl sites for hydroxylation is 2. The molecule has 2 rings (SSSR count). The molecule has 0 aliphatic carbocycles. The van der Waals surface area contributed by atoms with Crippen LogP contribution >= 0.6 is 0 Å². The van der Waals surface area contributed by atoms with Crippen LogP contribution in [0, 0.1) is 25.7 Å². The van der Waals surface area contributed by atoms with Crippen molar-refractivity contribution in [2.24, 2.45) is 0 Å². The number of hydrogen-bond acceptors (Lipinski definition) is 1. The Balaban J connectivity index is 2.59. The molecule has 0 fully saturated rings. The number of nitrogens with zero attached hydrogens (tertiary/aromatic N) is 1. The van der Waals surface area contributed by atoms with Crippen LogP contribution in [0.5, 0.6) is 0 Å². The maximum atomic E-state index is 13.5. The van der Waals surface area contributed by atoms with Gasteiger partial charge < -0.3 is 0 Å². The maximum absolute atomic E-state index is 13.5. The van der Waals surface area contributed by atoms with Crippen LogP contribution in [0.2, 0.25) is 0 Å². The van der Waals surface area contributed by atoms with Gasteiger partial charge in [-0.25, -0.2) is 4.39 Å². The van der Waals surface area contributed by atoms with Gasteiger partial charge in [-0.05, 0) is 43.7 Å². The van der Waals surface area contributed by atoms with Gasteiger partial charge in [0.15, 0.2) is 0 Å². The van der Waals surface area contributed by atoms with Crippen LogP contribution in [0.1, 0.15) is 11.4 Å². The first-order valence-corrected chi connectivity index (χ1v) is 4.78. The Morgan fingerprint density at radius 3 is 2.47 bits per heavy atom. The normalized spacial score (nSPS) is 10.3. The molecule has 1 heterocycles. The molecule has 0 saturated carbocycles. The summed E-state index contributed by atoms with van der Waals surface area (Å²) in [7, 11) is 0. The summed E-state index contributed by atoms with van der Waals surface area (Å²) in [6.07, 6.45) is 0. The van der Waals surface area contributed by atoms with Crippen LogP contribution in [0.4, 0.5) is 4.39 Å². The molecule has 0 spiro atoms. The quantitative estimate of drug-likeness (QED) is 0.688. The second kappa shape index (κ2) is 3.81. The molecule has 0 N–H and O–H groups in total. The Morgan fingerprint density at radius 2 is 1.87 bits per heavy atom. The average Bonchev–Trinajstić information content (AvgIpc) is 2.16. The van der Waals surface area contributed by atoms with Gasteiger partial charge in [0.1, 0.15) is 5.82 Å². The van der Waals surface area contributed by atoms with E-state index in [1.165, 1.54) is 6.07 Å². The number of rotatable bonds is 1. The van der Waals surface area contributed by atoms with Crippen LogP contribution in [-0.2, 0) is 0 Å². The van der Waals surface area contributed by atoms with E-state index in [2.05, 4.69) is 11.1 Å². The third-order valence-corrected chi connectivity index (χ3v) is 2.18. The SMILES string of the molecule is Cc1cc(-c2[c]cccc2F)cc(C)n1. The summed E-state index contributed by atoms with van der Waals surface area (Å²) >= 11 is 0. The highest BCUT2D eigenvalue weighted by Gasteiger charge is 2.05. The van der Waals surface area contributed by atoms with Crippen molar-refractivity contribution >= 4 is 0 Å².